The Bertz CT molecular complexity index is 8730. The summed E-state index contributed by atoms with van der Waals surface area (Å²) in [5, 5.41) is 16.9. The highest BCUT2D eigenvalue weighted by Gasteiger charge is 2.28. The molecule has 0 fully saturated rings. The van der Waals surface area contributed by atoms with Crippen LogP contribution in [0.25, 0.3) is 265 Å². The van der Waals surface area contributed by atoms with E-state index in [1.54, 1.807) is 0 Å². The number of fused-ring (bicyclic) bond motifs is 24. The van der Waals surface area contributed by atoms with Crippen molar-refractivity contribution < 1.29 is 26.5 Å². The Morgan fingerprint density at radius 1 is 0.164 bits per heavy atom. The van der Waals surface area contributed by atoms with E-state index in [0.717, 1.165) is 243 Å². The molecular weight excluding hydrogens is 1420 g/mol. The minimum absolute atomic E-state index is 0.726. The quantitative estimate of drug-likeness (QED) is 0.143. The zero-order valence-electron chi connectivity index (χ0n) is 62.0. The molecule has 26 rings (SSSR count). The highest BCUT2D eigenvalue weighted by Crippen LogP contribution is 2.52. The van der Waals surface area contributed by atoms with Gasteiger partial charge in [0.15, 0.2) is 5.58 Å². The number of furan rings is 6. The number of para-hydroxylation sites is 8. The van der Waals surface area contributed by atoms with Gasteiger partial charge >= 0.3 is 0 Å². The van der Waals surface area contributed by atoms with E-state index in [4.69, 9.17) is 26.5 Å². The van der Waals surface area contributed by atoms with Gasteiger partial charge in [0.05, 0.1) is 27.8 Å². The fraction of sp³-hybridized carbons (Fsp3) is 0. The van der Waals surface area contributed by atoms with Crippen LogP contribution in [0.4, 0.5) is 0 Å². The van der Waals surface area contributed by atoms with Crippen molar-refractivity contribution in [2.24, 2.45) is 0 Å². The third-order valence-corrected chi connectivity index (χ3v) is 24.5. The van der Waals surface area contributed by atoms with Crippen LogP contribution >= 0.6 is 0 Å². The summed E-state index contributed by atoms with van der Waals surface area (Å²) >= 11 is 0. The van der Waals surface area contributed by atoms with Crippen LogP contribution in [-0.2, 0) is 0 Å². The lowest BCUT2D eigenvalue weighted by atomic mass is 9.91. The zero-order valence-corrected chi connectivity index (χ0v) is 62.0. The van der Waals surface area contributed by atoms with E-state index in [1.807, 2.05) is 18.2 Å². The largest absolute Gasteiger partial charge is 0.456 e. The molecule has 8 aromatic heterocycles. The lowest BCUT2D eigenvalue weighted by Gasteiger charge is -2.13. The van der Waals surface area contributed by atoms with Crippen LogP contribution in [0, 0.1) is 0 Å². The first-order valence-corrected chi connectivity index (χ1v) is 39.4. The smallest absolute Gasteiger partial charge is 0.159 e. The normalized spacial score (nSPS) is 12.3. The maximum Gasteiger partial charge on any atom is 0.159 e. The minimum Gasteiger partial charge on any atom is -0.456 e. The van der Waals surface area contributed by atoms with Gasteiger partial charge in [-0.3, -0.25) is 0 Å². The molecule has 538 valence electrons. The Balaban J connectivity index is 0.684. The second-order valence-corrected chi connectivity index (χ2v) is 30.8. The molecule has 0 aliphatic carbocycles. The second kappa shape index (κ2) is 23.9. The average molecular weight is 1480 g/mol. The molecule has 8 heteroatoms. The van der Waals surface area contributed by atoms with E-state index in [2.05, 4.69) is 355 Å². The number of benzene rings is 18. The summed E-state index contributed by atoms with van der Waals surface area (Å²) in [6.45, 7) is 0. The molecule has 0 saturated carbocycles. The van der Waals surface area contributed by atoms with Crippen molar-refractivity contribution in [2.45, 2.75) is 0 Å². The molecule has 0 bridgehead atoms. The molecule has 0 radical (unpaired) electrons. The molecule has 0 aliphatic rings. The number of nitrogens with zero attached hydrogens (tertiary/aromatic N) is 2. The van der Waals surface area contributed by atoms with E-state index in [9.17, 15) is 0 Å². The van der Waals surface area contributed by atoms with E-state index < -0.39 is 0 Å². The third-order valence-electron chi connectivity index (χ3n) is 24.5. The van der Waals surface area contributed by atoms with Gasteiger partial charge < -0.3 is 35.6 Å². The van der Waals surface area contributed by atoms with Crippen molar-refractivity contribution in [3.8, 4) is 89.3 Å². The van der Waals surface area contributed by atoms with Gasteiger partial charge in [-0.2, -0.15) is 0 Å². The Hall–Kier alpha value is -15.6. The van der Waals surface area contributed by atoms with Crippen molar-refractivity contribution in [1.29, 1.82) is 0 Å². The van der Waals surface area contributed by atoms with Crippen molar-refractivity contribution in [1.82, 2.24) is 9.13 Å². The summed E-state index contributed by atoms with van der Waals surface area (Å²) in [6.07, 6.45) is 0. The van der Waals surface area contributed by atoms with Gasteiger partial charge in [-0.05, 0) is 177 Å². The summed E-state index contributed by atoms with van der Waals surface area (Å²) in [6, 6.07) is 130. The van der Waals surface area contributed by atoms with Crippen molar-refractivity contribution in [2.75, 3.05) is 0 Å². The first kappa shape index (κ1) is 63.0. The van der Waals surface area contributed by atoms with Gasteiger partial charge in [-0.15, -0.1) is 0 Å². The Morgan fingerprint density at radius 3 is 1.33 bits per heavy atom. The van der Waals surface area contributed by atoms with Crippen LogP contribution in [0.3, 0.4) is 0 Å². The standard InChI is InChI=1S/C108H60N2O6/c1-3-20-61(21-4-1)63-42-47-93-83(52-63)72-25-8-11-36-91(72)109(93)69-46-51-100-87(60-69)79-34-18-38-94(108(79)114-100)110-92-37-12-7-24-71(92)76-30-16-31-77(103(76)110)75-29-19-41-101-102(75)81-35-17-33-80(105(81)115-101)88-56-67(65-44-49-97-84(54-65)74-27-10-13-39-95(74)111-97)57-89-90-59-68(70-28-15-32-78-73-26-9-14-40-96(73)113-104(70)78)58-82(106(90)116-107(88)89)66-45-50-99-86(55-66)85-53-64(43-48-98(85)112-99)62-22-5-2-6-23-62/h1-60H. The molecule has 0 unspecified atom stereocenters. The van der Waals surface area contributed by atoms with Crippen LogP contribution in [0.15, 0.2) is 390 Å². The van der Waals surface area contributed by atoms with Crippen LogP contribution in [0.2, 0.25) is 0 Å². The average Bonchev–Trinajstić information content (AvgIpc) is 1.55. The Kier molecular flexibility index (Phi) is 13.0. The van der Waals surface area contributed by atoms with E-state index in [-0.39, 0.29) is 0 Å². The maximum atomic E-state index is 7.77. The predicted molar refractivity (Wildman–Crippen MR) is 477 cm³/mol. The number of hydrogen-bond acceptors (Lipinski definition) is 6. The van der Waals surface area contributed by atoms with Gasteiger partial charge in [-0.1, -0.05) is 237 Å². The fourth-order valence-electron chi connectivity index (χ4n) is 19.3. The van der Waals surface area contributed by atoms with Crippen LogP contribution < -0.4 is 0 Å². The highest BCUT2D eigenvalue weighted by molar-refractivity contribution is 6.25. The lowest BCUT2D eigenvalue weighted by Crippen LogP contribution is -1.96. The zero-order chi connectivity index (χ0) is 75.5. The monoisotopic (exact) mass is 1480 g/mol. The molecule has 116 heavy (non-hydrogen) atoms. The van der Waals surface area contributed by atoms with Crippen molar-refractivity contribution in [3.05, 3.63) is 364 Å². The second-order valence-electron chi connectivity index (χ2n) is 30.8. The highest BCUT2D eigenvalue weighted by atomic mass is 16.4. The van der Waals surface area contributed by atoms with Crippen LogP contribution in [0.1, 0.15) is 0 Å². The molecule has 0 atom stereocenters. The fourth-order valence-corrected chi connectivity index (χ4v) is 19.3. The summed E-state index contributed by atoms with van der Waals surface area (Å²) in [4.78, 5) is 0. The van der Waals surface area contributed by atoms with Gasteiger partial charge in [0.25, 0.3) is 0 Å². The van der Waals surface area contributed by atoms with Gasteiger partial charge in [0.1, 0.15) is 61.4 Å². The summed E-state index contributed by atoms with van der Waals surface area (Å²) in [5.41, 5.74) is 30.4. The first-order chi connectivity index (χ1) is 57.5. The van der Waals surface area contributed by atoms with E-state index >= 15 is 0 Å². The molecule has 0 aliphatic heterocycles. The minimum atomic E-state index is 0.726. The summed E-state index contributed by atoms with van der Waals surface area (Å²) in [7, 11) is 0. The number of aromatic nitrogens is 2. The summed E-state index contributed by atoms with van der Waals surface area (Å²) in [5.74, 6) is 0. The van der Waals surface area contributed by atoms with Crippen LogP contribution in [0.5, 0.6) is 0 Å². The van der Waals surface area contributed by atoms with Gasteiger partial charge in [-0.25, -0.2) is 0 Å². The molecule has 0 N–H and O–H groups in total. The van der Waals surface area contributed by atoms with Gasteiger partial charge in [0, 0.05) is 120 Å². The van der Waals surface area contributed by atoms with Gasteiger partial charge in [0.2, 0.25) is 0 Å². The van der Waals surface area contributed by atoms with Crippen molar-refractivity contribution in [3.63, 3.8) is 0 Å². The molecule has 0 spiro atoms. The molecule has 0 saturated heterocycles. The number of hydrogen-bond donors (Lipinski definition) is 0. The van der Waals surface area contributed by atoms with Crippen LogP contribution in [-0.4, -0.2) is 9.13 Å². The topological polar surface area (TPSA) is 88.7 Å². The third kappa shape index (κ3) is 9.14. The van der Waals surface area contributed by atoms with Crippen molar-refractivity contribution >= 4 is 175 Å². The SMILES string of the molecule is c1ccc(-c2ccc3oc4ccc(-c5cc(-c6cccc7c6oc6ccccc67)cc6c5oc5c(-c7cccc8c7oc7cccc(-c9cccc%10c%11ccccc%11n(-c%11cccc%12c%11oc%11ccc(-n%13c%14ccccc%14c%14cc(-c%15ccccc%15)ccc%14%13)cc%11%12)c9%10)c78)cc(-c7ccc8oc9ccccc9c8c7)cc56)cc4c3c2)cc1. The molecule has 26 aromatic rings. The molecule has 18 aromatic carbocycles. The van der Waals surface area contributed by atoms with E-state index in [1.165, 1.54) is 21.9 Å². The molecular formula is C108H60N2O6. The van der Waals surface area contributed by atoms with E-state index in [0.29, 0.717) is 0 Å². The Morgan fingerprint density at radius 2 is 0.586 bits per heavy atom. The summed E-state index contributed by atoms with van der Waals surface area (Å²) < 4.78 is 47.3. The molecule has 8 heterocycles. The first-order valence-electron chi connectivity index (χ1n) is 39.4. The Labute approximate surface area is 659 Å². The lowest BCUT2D eigenvalue weighted by molar-refractivity contribution is 0.665. The molecule has 0 amide bonds. The maximum absolute atomic E-state index is 7.77. The predicted octanol–water partition coefficient (Wildman–Crippen LogP) is 30.9. The molecule has 8 nitrogen and oxygen atoms in total. The number of rotatable bonds is 9.